The van der Waals surface area contributed by atoms with Crippen molar-refractivity contribution in [2.24, 2.45) is 5.73 Å². The molecule has 0 bridgehead atoms. The standard InChI is InChI=1S/C15H12BFN6O/c17-10-3-8(4-11-9(10)6-20-21-11)14-13(15(19)24)12-5-16(7-18)1-2-23(12)22-14/h3-4,6H,1-2,5H2,(H2,19,24)(H,20,21). The van der Waals surface area contributed by atoms with Crippen LogP contribution >= 0.6 is 0 Å². The van der Waals surface area contributed by atoms with Crippen LogP contribution in [-0.4, -0.2) is 32.6 Å². The number of aromatic amines is 1. The molecule has 2 aromatic heterocycles. The first-order chi connectivity index (χ1) is 11.6. The molecule has 0 saturated heterocycles. The molecule has 0 aliphatic carbocycles. The van der Waals surface area contributed by atoms with Crippen molar-refractivity contribution >= 4 is 23.5 Å². The van der Waals surface area contributed by atoms with Gasteiger partial charge in [0.15, 0.2) is 0 Å². The number of amides is 1. The second kappa shape index (κ2) is 5.20. The predicted molar refractivity (Wildman–Crippen MR) is 85.7 cm³/mol. The molecule has 3 heterocycles. The molecule has 1 aromatic carbocycles. The number of aromatic nitrogens is 4. The van der Waals surface area contributed by atoms with Crippen LogP contribution in [0.2, 0.25) is 6.32 Å². The molecule has 9 heteroatoms. The van der Waals surface area contributed by atoms with Gasteiger partial charge in [0, 0.05) is 23.8 Å². The normalized spacial score (nSPS) is 13.8. The van der Waals surface area contributed by atoms with Gasteiger partial charge in [-0.05, 0) is 24.8 Å². The van der Waals surface area contributed by atoms with Gasteiger partial charge in [-0.3, -0.25) is 14.6 Å². The van der Waals surface area contributed by atoms with E-state index >= 15 is 0 Å². The Morgan fingerprint density at radius 3 is 3.08 bits per heavy atom. The number of nitriles is 1. The highest BCUT2D eigenvalue weighted by Crippen LogP contribution is 2.31. The lowest BCUT2D eigenvalue weighted by Crippen LogP contribution is -2.28. The van der Waals surface area contributed by atoms with E-state index < -0.39 is 11.7 Å². The number of hydrogen-bond acceptors (Lipinski definition) is 4. The lowest BCUT2D eigenvalue weighted by atomic mass is 9.45. The summed E-state index contributed by atoms with van der Waals surface area (Å²) in [6.45, 7) is 0.356. The lowest BCUT2D eigenvalue weighted by Gasteiger charge is -2.15. The van der Waals surface area contributed by atoms with Crippen LogP contribution in [0.3, 0.4) is 0 Å². The molecule has 1 aliphatic heterocycles. The minimum Gasteiger partial charge on any atom is -0.365 e. The number of carbonyl (C=O) groups is 1. The highest BCUT2D eigenvalue weighted by molar-refractivity contribution is 6.66. The third-order valence-electron chi connectivity index (χ3n) is 4.40. The molecule has 1 amide bonds. The zero-order valence-corrected chi connectivity index (χ0v) is 12.6. The smallest absolute Gasteiger partial charge is 0.275 e. The van der Waals surface area contributed by atoms with Crippen LogP contribution in [0.15, 0.2) is 18.3 Å². The van der Waals surface area contributed by atoms with Gasteiger partial charge in [-0.1, -0.05) is 0 Å². The van der Waals surface area contributed by atoms with Crippen molar-refractivity contribution in [1.82, 2.24) is 20.0 Å². The molecule has 0 fully saturated rings. The maximum atomic E-state index is 14.2. The number of carbonyl (C=O) groups excluding carboxylic acids is 1. The van der Waals surface area contributed by atoms with Crippen LogP contribution in [0.4, 0.5) is 4.39 Å². The maximum Gasteiger partial charge on any atom is 0.275 e. The first-order valence-electron chi connectivity index (χ1n) is 7.50. The minimum atomic E-state index is -0.630. The Bertz CT molecular complexity index is 1020. The van der Waals surface area contributed by atoms with Crippen molar-refractivity contribution in [2.75, 3.05) is 0 Å². The summed E-state index contributed by atoms with van der Waals surface area (Å²) >= 11 is 0. The highest BCUT2D eigenvalue weighted by atomic mass is 19.1. The van der Waals surface area contributed by atoms with Gasteiger partial charge in [-0.15, -0.1) is 0 Å². The fourth-order valence-electron chi connectivity index (χ4n) is 3.22. The summed E-state index contributed by atoms with van der Waals surface area (Å²) in [7, 11) is 0. The Balaban J connectivity index is 1.93. The predicted octanol–water partition coefficient (Wildman–Crippen LogP) is 1.32. The highest BCUT2D eigenvalue weighted by Gasteiger charge is 2.30. The van der Waals surface area contributed by atoms with E-state index in [-0.39, 0.29) is 12.3 Å². The summed E-state index contributed by atoms with van der Waals surface area (Å²) in [6.07, 6.45) is 2.48. The van der Waals surface area contributed by atoms with E-state index in [0.717, 1.165) is 0 Å². The summed E-state index contributed by atoms with van der Waals surface area (Å²) in [4.78, 5) is 12.0. The number of nitrogens with zero attached hydrogens (tertiary/aromatic N) is 4. The second-order valence-corrected chi connectivity index (χ2v) is 5.87. The Hall–Kier alpha value is -3.15. The fraction of sp³-hybridized carbons (Fsp3) is 0.200. The van der Waals surface area contributed by atoms with Crippen molar-refractivity contribution < 1.29 is 9.18 Å². The monoisotopic (exact) mass is 322 g/mol. The molecule has 0 spiro atoms. The molecule has 24 heavy (non-hydrogen) atoms. The maximum absolute atomic E-state index is 14.2. The summed E-state index contributed by atoms with van der Waals surface area (Å²) < 4.78 is 15.9. The molecule has 3 aromatic rings. The quantitative estimate of drug-likeness (QED) is 0.693. The molecule has 1 aliphatic rings. The largest absolute Gasteiger partial charge is 0.365 e. The van der Waals surface area contributed by atoms with Gasteiger partial charge >= 0.3 is 0 Å². The summed E-state index contributed by atoms with van der Waals surface area (Å²) in [5, 5.41) is 20.5. The number of nitrogens with two attached hydrogens (primary N) is 1. The Kier molecular flexibility index (Phi) is 3.13. The third-order valence-corrected chi connectivity index (χ3v) is 4.40. The first kappa shape index (κ1) is 14.4. The van der Waals surface area contributed by atoms with Crippen LogP contribution < -0.4 is 5.73 Å². The molecule has 4 rings (SSSR count). The van der Waals surface area contributed by atoms with E-state index in [1.54, 1.807) is 10.7 Å². The average molecular weight is 322 g/mol. The van der Waals surface area contributed by atoms with Gasteiger partial charge in [0.05, 0.1) is 22.7 Å². The molecule has 0 saturated carbocycles. The number of rotatable bonds is 2. The van der Waals surface area contributed by atoms with Crippen molar-refractivity contribution in [1.29, 1.82) is 5.26 Å². The van der Waals surface area contributed by atoms with Crippen molar-refractivity contribution in [3.63, 3.8) is 0 Å². The number of H-pyrrole nitrogens is 1. The average Bonchev–Trinajstić information content (AvgIpc) is 3.18. The molecule has 0 atom stereocenters. The van der Waals surface area contributed by atoms with Crippen molar-refractivity contribution in [2.45, 2.75) is 19.2 Å². The van der Waals surface area contributed by atoms with Crippen molar-refractivity contribution in [3.05, 3.63) is 35.4 Å². The number of hydrogen-bond donors (Lipinski definition) is 2. The number of benzene rings is 1. The number of halogens is 1. The third kappa shape index (κ3) is 2.07. The van der Waals surface area contributed by atoms with Gasteiger partial charge in [-0.2, -0.15) is 10.2 Å². The molecular weight excluding hydrogens is 310 g/mol. The number of nitrogens with one attached hydrogen (secondary N) is 1. The molecule has 3 N–H and O–H groups in total. The van der Waals surface area contributed by atoms with Crippen LogP contribution in [0.1, 0.15) is 16.1 Å². The minimum absolute atomic E-state index is 0.174. The Morgan fingerprint density at radius 1 is 1.50 bits per heavy atom. The van der Waals surface area contributed by atoms with Gasteiger partial charge in [0.25, 0.3) is 12.6 Å². The number of fused-ring (bicyclic) bond motifs is 2. The fourth-order valence-corrected chi connectivity index (χ4v) is 3.22. The zero-order valence-electron chi connectivity index (χ0n) is 12.6. The molecule has 118 valence electrons. The van der Waals surface area contributed by atoms with E-state index in [4.69, 9.17) is 11.0 Å². The molecule has 0 unspecified atom stereocenters. The summed E-state index contributed by atoms with van der Waals surface area (Å²) in [5.74, 6) is 1.14. The van der Waals surface area contributed by atoms with E-state index in [0.29, 0.717) is 47.0 Å². The van der Waals surface area contributed by atoms with Crippen LogP contribution in [0.25, 0.3) is 22.2 Å². The van der Waals surface area contributed by atoms with E-state index in [1.165, 1.54) is 12.3 Å². The molecular formula is C15H12BFN6O. The Morgan fingerprint density at radius 2 is 2.33 bits per heavy atom. The molecule has 7 nitrogen and oxygen atoms in total. The van der Waals surface area contributed by atoms with E-state index in [1.807, 2.05) is 0 Å². The van der Waals surface area contributed by atoms with Gasteiger partial charge < -0.3 is 5.73 Å². The SMILES string of the molecule is N#CB1CCn2nc(-c3cc(F)c4cn[nH]c4c3)c(C(N)=O)c2C1. The summed E-state index contributed by atoms with van der Waals surface area (Å²) in [5.41, 5.74) is 7.75. The second-order valence-electron chi connectivity index (χ2n) is 5.87. The number of aryl methyl sites for hydroxylation is 1. The van der Waals surface area contributed by atoms with Gasteiger partial charge in [0.2, 0.25) is 0 Å². The van der Waals surface area contributed by atoms with Gasteiger partial charge in [-0.25, -0.2) is 9.65 Å². The number of primary amides is 1. The summed E-state index contributed by atoms with van der Waals surface area (Å²) in [6, 6.07) is 3.01. The lowest BCUT2D eigenvalue weighted by molar-refractivity contribution is 0.1000. The Labute approximate surface area is 136 Å². The molecule has 0 radical (unpaired) electrons. The van der Waals surface area contributed by atoms with Crippen LogP contribution in [0.5, 0.6) is 0 Å². The van der Waals surface area contributed by atoms with Crippen LogP contribution in [0, 0.1) is 17.0 Å². The zero-order chi connectivity index (χ0) is 16.8. The first-order valence-corrected chi connectivity index (χ1v) is 7.50. The van der Waals surface area contributed by atoms with E-state index in [2.05, 4.69) is 21.3 Å². The van der Waals surface area contributed by atoms with Gasteiger partial charge in [0.1, 0.15) is 11.5 Å². The van der Waals surface area contributed by atoms with E-state index in [9.17, 15) is 9.18 Å². The topological polar surface area (TPSA) is 113 Å². The van der Waals surface area contributed by atoms with Crippen molar-refractivity contribution in [3.8, 4) is 17.2 Å². The van der Waals surface area contributed by atoms with Crippen LogP contribution in [-0.2, 0) is 12.9 Å².